The fourth-order valence-electron chi connectivity index (χ4n) is 1.94. The first-order valence-electron chi connectivity index (χ1n) is 6.81. The van der Waals surface area contributed by atoms with Crippen molar-refractivity contribution in [1.82, 2.24) is 9.97 Å². The SMILES string of the molecule is CCN(Cc1cccc(C)n1)c1nc(CC(=O)OC)cs1. The van der Waals surface area contributed by atoms with Crippen LogP contribution in [0.15, 0.2) is 23.6 Å². The Hall–Kier alpha value is -1.95. The second-order valence-electron chi connectivity index (χ2n) is 4.66. The summed E-state index contributed by atoms with van der Waals surface area (Å²) in [6, 6.07) is 6.01. The average Bonchev–Trinajstić information content (AvgIpc) is 2.93. The van der Waals surface area contributed by atoms with Gasteiger partial charge in [0.2, 0.25) is 0 Å². The number of methoxy groups -OCH3 is 1. The van der Waals surface area contributed by atoms with Crippen LogP contribution in [0, 0.1) is 6.92 Å². The molecule has 0 aliphatic rings. The first-order valence-corrected chi connectivity index (χ1v) is 7.69. The maximum atomic E-state index is 11.3. The highest BCUT2D eigenvalue weighted by Crippen LogP contribution is 2.22. The van der Waals surface area contributed by atoms with Crippen molar-refractivity contribution in [2.75, 3.05) is 18.6 Å². The lowest BCUT2D eigenvalue weighted by Crippen LogP contribution is -2.22. The number of hydrogen-bond donors (Lipinski definition) is 0. The average molecular weight is 305 g/mol. The quantitative estimate of drug-likeness (QED) is 0.768. The van der Waals surface area contributed by atoms with E-state index in [1.807, 2.05) is 30.5 Å². The minimum absolute atomic E-state index is 0.216. The van der Waals surface area contributed by atoms with Crippen LogP contribution in [0.25, 0.3) is 0 Å². The number of carbonyl (C=O) groups excluding carboxylic acids is 1. The van der Waals surface area contributed by atoms with Crippen LogP contribution in [0.1, 0.15) is 24.0 Å². The summed E-state index contributed by atoms with van der Waals surface area (Å²) >= 11 is 1.54. The third kappa shape index (κ3) is 4.26. The summed E-state index contributed by atoms with van der Waals surface area (Å²) in [5.41, 5.74) is 2.77. The predicted octanol–water partition coefficient (Wildman–Crippen LogP) is 2.59. The lowest BCUT2D eigenvalue weighted by Gasteiger charge is -2.19. The standard InChI is InChI=1S/C15H19N3O2S/c1-4-18(9-12-7-5-6-11(2)16-12)15-17-13(10-21-15)8-14(19)20-3/h5-7,10H,4,8-9H2,1-3H3. The van der Waals surface area contributed by atoms with Crippen molar-refractivity contribution < 1.29 is 9.53 Å². The zero-order valence-electron chi connectivity index (χ0n) is 12.5. The van der Waals surface area contributed by atoms with Gasteiger partial charge in [-0.25, -0.2) is 4.98 Å². The molecule has 0 saturated heterocycles. The van der Waals surface area contributed by atoms with Gasteiger partial charge in [-0.05, 0) is 26.0 Å². The van der Waals surface area contributed by atoms with E-state index in [1.165, 1.54) is 18.4 Å². The summed E-state index contributed by atoms with van der Waals surface area (Å²) < 4.78 is 4.66. The molecule has 21 heavy (non-hydrogen) atoms. The van der Waals surface area contributed by atoms with Gasteiger partial charge in [0.05, 0.1) is 31.5 Å². The molecule has 2 aromatic heterocycles. The van der Waals surface area contributed by atoms with Crippen molar-refractivity contribution >= 4 is 22.4 Å². The molecular formula is C15H19N3O2S. The molecule has 2 heterocycles. The first kappa shape index (κ1) is 15.4. The zero-order valence-corrected chi connectivity index (χ0v) is 13.3. The van der Waals surface area contributed by atoms with E-state index in [2.05, 4.69) is 26.5 Å². The fraction of sp³-hybridized carbons (Fsp3) is 0.400. The van der Waals surface area contributed by atoms with Gasteiger partial charge >= 0.3 is 5.97 Å². The van der Waals surface area contributed by atoms with E-state index in [-0.39, 0.29) is 12.4 Å². The van der Waals surface area contributed by atoms with Crippen LogP contribution >= 0.6 is 11.3 Å². The van der Waals surface area contributed by atoms with Crippen LogP contribution in [-0.4, -0.2) is 29.6 Å². The third-order valence-electron chi connectivity index (χ3n) is 3.04. The minimum Gasteiger partial charge on any atom is -0.469 e. The molecule has 0 N–H and O–H groups in total. The molecule has 0 fully saturated rings. The van der Waals surface area contributed by atoms with Gasteiger partial charge in [-0.2, -0.15) is 0 Å². The van der Waals surface area contributed by atoms with E-state index < -0.39 is 0 Å². The molecular weight excluding hydrogens is 286 g/mol. The number of aryl methyl sites for hydroxylation is 1. The second kappa shape index (κ2) is 7.17. The van der Waals surface area contributed by atoms with Gasteiger partial charge in [0.15, 0.2) is 5.13 Å². The molecule has 0 spiro atoms. The highest BCUT2D eigenvalue weighted by Gasteiger charge is 2.13. The number of nitrogens with zero attached hydrogens (tertiary/aromatic N) is 3. The molecule has 0 radical (unpaired) electrons. The highest BCUT2D eigenvalue weighted by atomic mass is 32.1. The number of anilines is 1. The Balaban J connectivity index is 2.09. The smallest absolute Gasteiger partial charge is 0.311 e. The molecule has 112 valence electrons. The van der Waals surface area contributed by atoms with Crippen molar-refractivity contribution in [2.45, 2.75) is 26.8 Å². The molecule has 0 aliphatic carbocycles. The molecule has 2 rings (SSSR count). The molecule has 0 amide bonds. The first-order chi connectivity index (χ1) is 10.1. The molecule has 0 atom stereocenters. The number of esters is 1. The second-order valence-corrected chi connectivity index (χ2v) is 5.50. The summed E-state index contributed by atoms with van der Waals surface area (Å²) in [7, 11) is 1.39. The Labute approximate surface area is 128 Å². The van der Waals surface area contributed by atoms with Crippen molar-refractivity contribution in [3.63, 3.8) is 0 Å². The number of rotatable bonds is 6. The monoisotopic (exact) mass is 305 g/mol. The molecule has 0 bridgehead atoms. The lowest BCUT2D eigenvalue weighted by atomic mass is 10.3. The highest BCUT2D eigenvalue weighted by molar-refractivity contribution is 7.13. The van der Waals surface area contributed by atoms with Gasteiger partial charge in [-0.3, -0.25) is 9.78 Å². The van der Waals surface area contributed by atoms with E-state index in [0.29, 0.717) is 6.54 Å². The van der Waals surface area contributed by atoms with E-state index in [1.54, 1.807) is 0 Å². The zero-order chi connectivity index (χ0) is 15.2. The number of ether oxygens (including phenoxy) is 1. The van der Waals surface area contributed by atoms with Gasteiger partial charge in [0.25, 0.3) is 0 Å². The summed E-state index contributed by atoms with van der Waals surface area (Å²) in [6.45, 7) is 5.61. The van der Waals surface area contributed by atoms with E-state index in [9.17, 15) is 4.79 Å². The largest absolute Gasteiger partial charge is 0.469 e. The Morgan fingerprint density at radius 3 is 2.81 bits per heavy atom. The molecule has 5 nitrogen and oxygen atoms in total. The Bertz CT molecular complexity index is 612. The normalized spacial score (nSPS) is 10.4. The number of hydrogen-bond acceptors (Lipinski definition) is 6. The Kier molecular flexibility index (Phi) is 5.27. The molecule has 0 aliphatic heterocycles. The predicted molar refractivity (Wildman–Crippen MR) is 83.5 cm³/mol. The maximum Gasteiger partial charge on any atom is 0.311 e. The van der Waals surface area contributed by atoms with Crippen molar-refractivity contribution in [2.24, 2.45) is 0 Å². The maximum absolute atomic E-state index is 11.3. The number of pyridine rings is 1. The van der Waals surface area contributed by atoms with Crippen molar-refractivity contribution in [3.8, 4) is 0 Å². The molecule has 0 aromatic carbocycles. The lowest BCUT2D eigenvalue weighted by molar-refractivity contribution is -0.139. The van der Waals surface area contributed by atoms with Gasteiger partial charge < -0.3 is 9.64 Å². The third-order valence-corrected chi connectivity index (χ3v) is 3.99. The fourth-order valence-corrected chi connectivity index (χ4v) is 2.83. The number of thiazole rings is 1. The Morgan fingerprint density at radius 2 is 2.14 bits per heavy atom. The van der Waals surface area contributed by atoms with Crippen LogP contribution in [0.5, 0.6) is 0 Å². The van der Waals surface area contributed by atoms with Crippen LogP contribution in [0.3, 0.4) is 0 Å². The van der Waals surface area contributed by atoms with E-state index in [0.717, 1.165) is 28.8 Å². The van der Waals surface area contributed by atoms with Crippen molar-refractivity contribution in [1.29, 1.82) is 0 Å². The van der Waals surface area contributed by atoms with Crippen LogP contribution in [-0.2, 0) is 22.5 Å². The molecule has 2 aromatic rings. The van der Waals surface area contributed by atoms with E-state index in [4.69, 9.17) is 0 Å². The van der Waals surface area contributed by atoms with Gasteiger partial charge in [-0.1, -0.05) is 6.07 Å². The van der Waals surface area contributed by atoms with Gasteiger partial charge in [0, 0.05) is 17.6 Å². The number of carbonyl (C=O) groups is 1. The van der Waals surface area contributed by atoms with Crippen LogP contribution in [0.2, 0.25) is 0 Å². The Morgan fingerprint density at radius 1 is 1.33 bits per heavy atom. The van der Waals surface area contributed by atoms with Gasteiger partial charge in [-0.15, -0.1) is 11.3 Å². The van der Waals surface area contributed by atoms with Crippen molar-refractivity contribution in [3.05, 3.63) is 40.7 Å². The van der Waals surface area contributed by atoms with E-state index >= 15 is 0 Å². The van der Waals surface area contributed by atoms with Crippen LogP contribution in [0.4, 0.5) is 5.13 Å². The summed E-state index contributed by atoms with van der Waals surface area (Å²) in [5, 5.41) is 2.80. The molecule has 0 unspecified atom stereocenters. The summed E-state index contributed by atoms with van der Waals surface area (Å²) in [6.07, 6.45) is 0.216. The summed E-state index contributed by atoms with van der Waals surface area (Å²) in [4.78, 5) is 22.4. The van der Waals surface area contributed by atoms with Crippen LogP contribution < -0.4 is 4.90 Å². The minimum atomic E-state index is -0.268. The number of aromatic nitrogens is 2. The summed E-state index contributed by atoms with van der Waals surface area (Å²) in [5.74, 6) is -0.268. The topological polar surface area (TPSA) is 55.3 Å². The molecule has 0 saturated carbocycles. The molecule has 6 heteroatoms. The van der Waals surface area contributed by atoms with Gasteiger partial charge in [0.1, 0.15) is 0 Å².